The Hall–Kier alpha value is -1.40. The zero-order valence-corrected chi connectivity index (χ0v) is 11.5. The van der Waals surface area contributed by atoms with Gasteiger partial charge in [0, 0.05) is 16.9 Å². The van der Waals surface area contributed by atoms with Gasteiger partial charge in [0.15, 0.2) is 0 Å². The maximum absolute atomic E-state index is 12.0. The summed E-state index contributed by atoms with van der Waals surface area (Å²) >= 11 is 4.72. The summed E-state index contributed by atoms with van der Waals surface area (Å²) in [5, 5.41) is 1.72. The molecule has 1 aromatic carbocycles. The van der Waals surface area contributed by atoms with Crippen molar-refractivity contribution in [3.63, 3.8) is 0 Å². The summed E-state index contributed by atoms with van der Waals surface area (Å²) in [6, 6.07) is 5.40. The number of nitrogens with two attached hydrogens (primary N) is 1. The quantitative estimate of drug-likeness (QED) is 0.868. The molecule has 0 radical (unpaired) electrons. The van der Waals surface area contributed by atoms with Gasteiger partial charge in [-0.3, -0.25) is 4.79 Å². The molecule has 6 heteroatoms. The Bertz CT molecular complexity index is 542. The SMILES string of the molecule is CN(C(=O)c1cscn1)c1ccc(Br)cc1N. The largest absolute Gasteiger partial charge is 0.397 e. The molecule has 0 saturated carbocycles. The minimum absolute atomic E-state index is 0.166. The molecule has 0 aliphatic carbocycles. The first-order valence-corrected chi connectivity index (χ1v) is 6.54. The maximum Gasteiger partial charge on any atom is 0.277 e. The predicted octanol–water partition coefficient (Wildman–Crippen LogP) is 2.76. The molecule has 4 nitrogen and oxygen atoms in total. The number of thiazole rings is 1. The van der Waals surface area contributed by atoms with Gasteiger partial charge < -0.3 is 10.6 Å². The van der Waals surface area contributed by atoms with Crippen LogP contribution >= 0.6 is 27.3 Å². The van der Waals surface area contributed by atoms with Crippen LogP contribution < -0.4 is 10.6 Å². The van der Waals surface area contributed by atoms with Gasteiger partial charge in [-0.25, -0.2) is 4.98 Å². The monoisotopic (exact) mass is 311 g/mol. The lowest BCUT2D eigenvalue weighted by Crippen LogP contribution is -2.27. The standard InChI is InChI=1S/C11H10BrN3OS/c1-15(11(16)9-5-17-6-14-9)10-3-2-7(12)4-8(10)13/h2-6H,13H2,1H3. The number of nitrogen functional groups attached to an aromatic ring is 1. The van der Waals surface area contributed by atoms with Crippen molar-refractivity contribution in [3.05, 3.63) is 39.3 Å². The van der Waals surface area contributed by atoms with Crippen LogP contribution in [0.25, 0.3) is 0 Å². The number of aromatic nitrogens is 1. The van der Waals surface area contributed by atoms with E-state index in [0.717, 1.165) is 4.47 Å². The van der Waals surface area contributed by atoms with Gasteiger partial charge >= 0.3 is 0 Å². The van der Waals surface area contributed by atoms with Crippen LogP contribution in [-0.4, -0.2) is 17.9 Å². The average molecular weight is 312 g/mol. The Morgan fingerprint density at radius 2 is 2.29 bits per heavy atom. The first-order chi connectivity index (χ1) is 8.09. The Labute approximate surface area is 111 Å². The maximum atomic E-state index is 12.0. The van der Waals surface area contributed by atoms with E-state index in [1.165, 1.54) is 16.2 Å². The molecule has 0 fully saturated rings. The van der Waals surface area contributed by atoms with Crippen molar-refractivity contribution in [1.29, 1.82) is 0 Å². The fraction of sp³-hybridized carbons (Fsp3) is 0.0909. The van der Waals surface area contributed by atoms with Gasteiger partial charge in [0.25, 0.3) is 5.91 Å². The van der Waals surface area contributed by atoms with E-state index in [9.17, 15) is 4.79 Å². The van der Waals surface area contributed by atoms with Gasteiger partial charge in [-0.2, -0.15) is 0 Å². The third-order valence-corrected chi connectivity index (χ3v) is 3.39. The zero-order valence-electron chi connectivity index (χ0n) is 9.05. The third kappa shape index (κ3) is 2.48. The summed E-state index contributed by atoms with van der Waals surface area (Å²) in [5.74, 6) is -0.166. The van der Waals surface area contributed by atoms with Crippen LogP contribution in [0.4, 0.5) is 11.4 Å². The molecule has 0 spiro atoms. The Kier molecular flexibility index (Phi) is 3.44. The van der Waals surface area contributed by atoms with Crippen molar-refractivity contribution < 1.29 is 4.79 Å². The van der Waals surface area contributed by atoms with E-state index >= 15 is 0 Å². The number of benzene rings is 1. The molecule has 88 valence electrons. The van der Waals surface area contributed by atoms with Crippen molar-refractivity contribution in [2.45, 2.75) is 0 Å². The highest BCUT2D eigenvalue weighted by Gasteiger charge is 2.17. The summed E-state index contributed by atoms with van der Waals surface area (Å²) in [6.45, 7) is 0. The van der Waals surface area contributed by atoms with Crippen LogP contribution in [0.15, 0.2) is 33.6 Å². The van der Waals surface area contributed by atoms with E-state index in [1.807, 2.05) is 6.07 Å². The number of halogens is 1. The summed E-state index contributed by atoms with van der Waals surface area (Å²) < 4.78 is 0.883. The van der Waals surface area contributed by atoms with Crippen molar-refractivity contribution in [2.24, 2.45) is 0 Å². The van der Waals surface area contributed by atoms with Gasteiger partial charge in [0.05, 0.1) is 16.9 Å². The molecule has 0 atom stereocenters. The summed E-state index contributed by atoms with van der Waals surface area (Å²) in [7, 11) is 1.68. The van der Waals surface area contributed by atoms with Crippen LogP contribution in [0.2, 0.25) is 0 Å². The molecule has 0 aliphatic heterocycles. The lowest BCUT2D eigenvalue weighted by atomic mass is 10.2. The molecule has 1 heterocycles. The van der Waals surface area contributed by atoms with E-state index in [1.54, 1.807) is 30.1 Å². The van der Waals surface area contributed by atoms with Crippen LogP contribution in [0.5, 0.6) is 0 Å². The van der Waals surface area contributed by atoms with Crippen LogP contribution in [-0.2, 0) is 0 Å². The van der Waals surface area contributed by atoms with Gasteiger partial charge in [0.1, 0.15) is 5.69 Å². The predicted molar refractivity (Wildman–Crippen MR) is 73.4 cm³/mol. The molecular formula is C11H10BrN3OS. The number of hydrogen-bond acceptors (Lipinski definition) is 4. The minimum Gasteiger partial charge on any atom is -0.397 e. The highest BCUT2D eigenvalue weighted by molar-refractivity contribution is 9.10. The molecule has 0 unspecified atom stereocenters. The first-order valence-electron chi connectivity index (χ1n) is 4.81. The van der Waals surface area contributed by atoms with Crippen LogP contribution in [0.3, 0.4) is 0 Å². The van der Waals surface area contributed by atoms with Crippen molar-refractivity contribution in [1.82, 2.24) is 4.98 Å². The lowest BCUT2D eigenvalue weighted by Gasteiger charge is -2.18. The van der Waals surface area contributed by atoms with E-state index in [4.69, 9.17) is 5.73 Å². The fourth-order valence-corrected chi connectivity index (χ4v) is 2.33. The first kappa shape index (κ1) is 12.1. The number of carbonyl (C=O) groups excluding carboxylic acids is 1. The Morgan fingerprint density at radius 1 is 1.53 bits per heavy atom. The number of anilines is 2. The molecule has 0 bridgehead atoms. The smallest absolute Gasteiger partial charge is 0.277 e. The molecule has 17 heavy (non-hydrogen) atoms. The molecule has 0 aliphatic rings. The highest BCUT2D eigenvalue weighted by atomic mass is 79.9. The Morgan fingerprint density at radius 3 is 2.88 bits per heavy atom. The molecule has 1 aromatic heterocycles. The van der Waals surface area contributed by atoms with Gasteiger partial charge in [-0.1, -0.05) is 15.9 Å². The van der Waals surface area contributed by atoms with Crippen molar-refractivity contribution >= 4 is 44.5 Å². The third-order valence-electron chi connectivity index (χ3n) is 2.31. The number of nitrogens with zero attached hydrogens (tertiary/aromatic N) is 2. The fourth-order valence-electron chi connectivity index (χ4n) is 1.43. The number of amides is 1. The van der Waals surface area contributed by atoms with Gasteiger partial charge in [0.2, 0.25) is 0 Å². The average Bonchev–Trinajstić information content (AvgIpc) is 2.80. The molecule has 2 N–H and O–H groups in total. The topological polar surface area (TPSA) is 59.2 Å². The van der Waals surface area contributed by atoms with Gasteiger partial charge in [-0.05, 0) is 18.2 Å². The van der Waals surface area contributed by atoms with Crippen molar-refractivity contribution in [2.75, 3.05) is 17.7 Å². The van der Waals surface area contributed by atoms with E-state index in [-0.39, 0.29) is 5.91 Å². The second kappa shape index (κ2) is 4.85. The second-order valence-corrected chi connectivity index (χ2v) is 5.08. The van der Waals surface area contributed by atoms with Crippen LogP contribution in [0.1, 0.15) is 10.5 Å². The van der Waals surface area contributed by atoms with E-state index < -0.39 is 0 Å². The molecule has 1 amide bonds. The molecular weight excluding hydrogens is 302 g/mol. The molecule has 2 aromatic rings. The molecule has 0 saturated heterocycles. The zero-order chi connectivity index (χ0) is 12.4. The summed E-state index contributed by atoms with van der Waals surface area (Å²) in [5.41, 5.74) is 9.15. The number of hydrogen-bond donors (Lipinski definition) is 1. The van der Waals surface area contributed by atoms with Gasteiger partial charge in [-0.15, -0.1) is 11.3 Å². The number of rotatable bonds is 2. The van der Waals surface area contributed by atoms with E-state index in [0.29, 0.717) is 17.1 Å². The summed E-state index contributed by atoms with van der Waals surface area (Å²) in [4.78, 5) is 17.5. The van der Waals surface area contributed by atoms with E-state index in [2.05, 4.69) is 20.9 Å². The van der Waals surface area contributed by atoms with Crippen molar-refractivity contribution in [3.8, 4) is 0 Å². The minimum atomic E-state index is -0.166. The normalized spacial score (nSPS) is 10.2. The Balaban J connectivity index is 2.31. The highest BCUT2D eigenvalue weighted by Crippen LogP contribution is 2.26. The molecule has 2 rings (SSSR count). The van der Waals surface area contributed by atoms with Crippen LogP contribution in [0, 0.1) is 0 Å². The second-order valence-electron chi connectivity index (χ2n) is 3.44. The number of carbonyl (C=O) groups is 1. The lowest BCUT2D eigenvalue weighted by molar-refractivity contribution is 0.0989. The summed E-state index contributed by atoms with van der Waals surface area (Å²) in [6.07, 6.45) is 0.